The molecule has 2 aromatic heterocycles. The van der Waals surface area contributed by atoms with Crippen LogP contribution in [0.25, 0.3) is 16.7 Å². The number of carbonyl (C=O) groups excluding carboxylic acids is 2. The summed E-state index contributed by atoms with van der Waals surface area (Å²) in [4.78, 5) is 52.5. The Hall–Kier alpha value is -5.23. The monoisotopic (exact) mass is 915 g/mol. The molecule has 2 atom stereocenters. The van der Waals surface area contributed by atoms with E-state index in [-0.39, 0.29) is 22.8 Å². The van der Waals surface area contributed by atoms with Gasteiger partial charge >= 0.3 is 0 Å². The molecule has 1 aliphatic heterocycles. The summed E-state index contributed by atoms with van der Waals surface area (Å²) >= 11 is 0. The van der Waals surface area contributed by atoms with E-state index in [1.54, 1.807) is 43.6 Å². The van der Waals surface area contributed by atoms with Crippen LogP contribution in [-0.4, -0.2) is 77.6 Å². The van der Waals surface area contributed by atoms with Crippen molar-refractivity contribution in [2.75, 3.05) is 61.9 Å². The van der Waals surface area contributed by atoms with Crippen molar-refractivity contribution in [1.29, 1.82) is 0 Å². The summed E-state index contributed by atoms with van der Waals surface area (Å²) in [7, 11) is 1.66. The Kier molecular flexibility index (Phi) is 17.9. The molecule has 2 saturated carbocycles. The molecule has 2 unspecified atom stereocenters. The number of rotatable bonds is 24. The molecule has 2 aliphatic carbocycles. The van der Waals surface area contributed by atoms with E-state index in [9.17, 15) is 14.4 Å². The Balaban J connectivity index is 0.746. The molecule has 12 heteroatoms. The number of aromatic nitrogens is 3. The van der Waals surface area contributed by atoms with Gasteiger partial charge in [0.25, 0.3) is 5.56 Å². The number of carbonyl (C=O) groups is 2. The van der Waals surface area contributed by atoms with Crippen molar-refractivity contribution in [1.82, 2.24) is 24.8 Å². The fourth-order valence-electron chi connectivity index (χ4n) is 11.6. The van der Waals surface area contributed by atoms with Crippen molar-refractivity contribution in [2.45, 2.75) is 136 Å². The first-order valence-electron chi connectivity index (χ1n) is 25.6. The third-order valence-electron chi connectivity index (χ3n) is 14.7. The van der Waals surface area contributed by atoms with Crippen LogP contribution in [0.1, 0.15) is 135 Å². The van der Waals surface area contributed by atoms with Gasteiger partial charge in [0.15, 0.2) is 5.65 Å². The minimum atomic E-state index is -0.337. The molecular weight excluding hydrogens is 837 g/mol. The normalized spacial score (nSPS) is 20.7. The second kappa shape index (κ2) is 24.2. The lowest BCUT2D eigenvalue weighted by Gasteiger charge is -2.47. The van der Waals surface area contributed by atoms with Gasteiger partial charge in [-0.25, -0.2) is 4.98 Å². The molecule has 3 heterocycles. The molecule has 0 spiro atoms. The molecule has 3 aliphatic rings. The SMILES string of the molecule is C=CC(=O)Nc1cccc(-n2c(=O)cc(C)c3cnc(Nc4ccc(N5CCN(CCCCCCCCCCCCCCNC(=O)CC6(C)CC7CC(C)CC(C7)C6)CC5)cc4OC)nc32)c1. The van der Waals surface area contributed by atoms with E-state index in [0.29, 0.717) is 28.7 Å². The number of nitrogens with one attached hydrogen (secondary N) is 3. The quantitative estimate of drug-likeness (QED) is 0.0464. The van der Waals surface area contributed by atoms with Crippen LogP contribution in [0, 0.1) is 30.1 Å². The fraction of sp³-hybridized carbons (Fsp3) is 0.582. The number of ether oxygens (including phenoxy) is 1. The van der Waals surface area contributed by atoms with Crippen LogP contribution in [0.3, 0.4) is 0 Å². The fourth-order valence-corrected chi connectivity index (χ4v) is 11.6. The Bertz CT molecular complexity index is 2320. The molecule has 3 N–H and O–H groups in total. The van der Waals surface area contributed by atoms with Crippen molar-refractivity contribution >= 4 is 45.9 Å². The largest absolute Gasteiger partial charge is 0.494 e. The first kappa shape index (κ1) is 49.7. The van der Waals surface area contributed by atoms with Crippen molar-refractivity contribution in [3.8, 4) is 11.4 Å². The highest BCUT2D eigenvalue weighted by Gasteiger charge is 2.41. The predicted octanol–water partition coefficient (Wildman–Crippen LogP) is 11.1. The number of benzene rings is 2. The van der Waals surface area contributed by atoms with Crippen molar-refractivity contribution in [3.05, 3.63) is 83.3 Å². The lowest BCUT2D eigenvalue weighted by Crippen LogP contribution is -2.46. The minimum Gasteiger partial charge on any atom is -0.494 e. The highest BCUT2D eigenvalue weighted by atomic mass is 16.5. The number of unbranched alkanes of at least 4 members (excludes halogenated alkanes) is 11. The van der Waals surface area contributed by atoms with Gasteiger partial charge in [-0.15, -0.1) is 0 Å². The van der Waals surface area contributed by atoms with Crippen LogP contribution in [0.4, 0.5) is 23.0 Å². The highest BCUT2D eigenvalue weighted by Crippen LogP contribution is 2.51. The maximum atomic E-state index is 13.4. The summed E-state index contributed by atoms with van der Waals surface area (Å²) in [5.41, 5.74) is 4.13. The first-order chi connectivity index (χ1) is 32.5. The second-order valence-electron chi connectivity index (χ2n) is 20.5. The van der Waals surface area contributed by atoms with Crippen molar-refractivity contribution in [2.24, 2.45) is 23.2 Å². The molecule has 67 heavy (non-hydrogen) atoms. The van der Waals surface area contributed by atoms with Crippen LogP contribution >= 0.6 is 0 Å². The molecule has 0 radical (unpaired) electrons. The van der Waals surface area contributed by atoms with Crippen molar-refractivity contribution < 1.29 is 14.3 Å². The number of methoxy groups -OCH3 is 1. The standard InChI is InChI=1S/C55H78N8O4/c1-6-50(64)58-44-20-19-21-46(34-44)63-52(66)32-41(3)47-39-57-54(60-53(47)63)59-48-23-22-45(35-49(48)67-5)62-28-26-61(27-29-62)25-18-16-14-12-10-8-7-9-11-13-15-17-24-56-51(65)38-55(4)36-42-30-40(2)31-43(33-42)37-55/h6,19-23,32,34-35,39-40,42-43H,1,7-18,24-31,33,36-38H2,2-5H3,(H,56,65)(H,58,64)(H,57,59,60). The summed E-state index contributed by atoms with van der Waals surface area (Å²) in [6, 6.07) is 14.8. The number of fused-ring (bicyclic) bond motifs is 3. The van der Waals surface area contributed by atoms with Crippen LogP contribution in [-0.2, 0) is 9.59 Å². The first-order valence-corrected chi connectivity index (χ1v) is 25.6. The van der Waals surface area contributed by atoms with E-state index in [2.05, 4.69) is 63.3 Å². The summed E-state index contributed by atoms with van der Waals surface area (Å²) in [5.74, 6) is 3.53. The average molecular weight is 915 g/mol. The number of hydrogen-bond donors (Lipinski definition) is 3. The maximum Gasteiger partial charge on any atom is 0.257 e. The maximum absolute atomic E-state index is 13.4. The predicted molar refractivity (Wildman–Crippen MR) is 274 cm³/mol. The number of amides is 2. The third-order valence-corrected chi connectivity index (χ3v) is 14.7. The van der Waals surface area contributed by atoms with Crippen molar-refractivity contribution in [3.63, 3.8) is 0 Å². The van der Waals surface area contributed by atoms with E-state index in [1.165, 1.54) is 120 Å². The topological polar surface area (TPSA) is 134 Å². The minimum absolute atomic E-state index is 0.216. The molecule has 7 rings (SSSR count). The summed E-state index contributed by atoms with van der Waals surface area (Å²) in [6.07, 6.45) is 25.9. The van der Waals surface area contributed by atoms with Gasteiger partial charge in [-0.05, 0) is 124 Å². The van der Waals surface area contributed by atoms with Gasteiger partial charge in [-0.2, -0.15) is 4.98 Å². The zero-order valence-electron chi connectivity index (χ0n) is 41.1. The van der Waals surface area contributed by atoms with Crippen LogP contribution in [0.2, 0.25) is 0 Å². The van der Waals surface area contributed by atoms with Gasteiger partial charge in [-0.1, -0.05) is 90.7 Å². The number of piperazine rings is 1. The molecule has 4 aromatic rings. The van der Waals surface area contributed by atoms with E-state index >= 15 is 0 Å². The second-order valence-corrected chi connectivity index (χ2v) is 20.5. The lowest BCUT2D eigenvalue weighted by atomic mass is 9.58. The summed E-state index contributed by atoms with van der Waals surface area (Å²) in [6.45, 7) is 16.2. The van der Waals surface area contributed by atoms with E-state index in [1.807, 2.05) is 13.0 Å². The Morgan fingerprint density at radius 3 is 2.19 bits per heavy atom. The molecule has 12 nitrogen and oxygen atoms in total. The molecular formula is C55H78N8O4. The van der Waals surface area contributed by atoms with E-state index < -0.39 is 0 Å². The molecule has 3 fully saturated rings. The molecule has 1 saturated heterocycles. The Morgan fingerprint density at radius 2 is 1.52 bits per heavy atom. The van der Waals surface area contributed by atoms with Gasteiger partial charge in [-0.3, -0.25) is 23.9 Å². The van der Waals surface area contributed by atoms with E-state index in [4.69, 9.17) is 9.72 Å². The number of anilines is 4. The summed E-state index contributed by atoms with van der Waals surface area (Å²) < 4.78 is 7.37. The zero-order valence-corrected chi connectivity index (χ0v) is 41.1. The Labute approximate surface area is 399 Å². The van der Waals surface area contributed by atoms with Crippen LogP contribution in [0.5, 0.6) is 5.75 Å². The average Bonchev–Trinajstić information content (AvgIpc) is 3.30. The lowest BCUT2D eigenvalue weighted by molar-refractivity contribution is -0.124. The number of pyridine rings is 1. The highest BCUT2D eigenvalue weighted by molar-refractivity contribution is 5.99. The van der Waals surface area contributed by atoms with Gasteiger partial charge in [0.1, 0.15) is 5.75 Å². The zero-order chi connectivity index (χ0) is 47.2. The van der Waals surface area contributed by atoms with Gasteiger partial charge in [0.05, 0.1) is 18.5 Å². The van der Waals surface area contributed by atoms with Crippen LogP contribution < -0.4 is 31.1 Å². The number of aryl methyl sites for hydroxylation is 1. The molecule has 362 valence electrons. The number of hydrogen-bond acceptors (Lipinski definition) is 9. The third kappa shape index (κ3) is 14.2. The summed E-state index contributed by atoms with van der Waals surface area (Å²) in [5, 5.41) is 10.1. The van der Waals surface area contributed by atoms with Gasteiger partial charge < -0.3 is 25.6 Å². The van der Waals surface area contributed by atoms with Crippen LogP contribution in [0.15, 0.2) is 72.2 Å². The molecule has 2 aromatic carbocycles. The molecule has 2 amide bonds. The van der Waals surface area contributed by atoms with Gasteiger partial charge in [0.2, 0.25) is 17.8 Å². The Morgan fingerprint density at radius 1 is 0.851 bits per heavy atom. The molecule has 2 bridgehead atoms. The van der Waals surface area contributed by atoms with E-state index in [0.717, 1.165) is 85.6 Å². The number of nitrogens with zero attached hydrogens (tertiary/aromatic N) is 5. The smallest absolute Gasteiger partial charge is 0.257 e. The van der Waals surface area contributed by atoms with Gasteiger partial charge in [0, 0.05) is 74.2 Å².